The van der Waals surface area contributed by atoms with Crippen molar-refractivity contribution in [2.75, 3.05) is 13.1 Å². The Balaban J connectivity index is 1.73. The Kier molecular flexibility index (Phi) is 6.49. The number of amides is 1. The van der Waals surface area contributed by atoms with E-state index in [0.717, 1.165) is 0 Å². The average Bonchev–Trinajstić information content (AvgIpc) is 3.24. The third kappa shape index (κ3) is 4.29. The Morgan fingerprint density at radius 3 is 2.53 bits per heavy atom. The molecule has 7 N–H and O–H groups in total. The summed E-state index contributed by atoms with van der Waals surface area (Å²) in [6.45, 7) is 5.21. The zero-order valence-electron chi connectivity index (χ0n) is 18.0. The summed E-state index contributed by atoms with van der Waals surface area (Å²) in [5.41, 5.74) is 5.18. The molecule has 1 aliphatic heterocycles. The number of nitrogens with two attached hydrogens (primary N) is 1. The summed E-state index contributed by atoms with van der Waals surface area (Å²) in [6.07, 6.45) is 2.44. The molecule has 1 unspecified atom stereocenters. The van der Waals surface area contributed by atoms with Gasteiger partial charge in [0.05, 0.1) is 31.3 Å². The number of aromatic carboxylic acids is 1. The molecule has 1 aromatic carbocycles. The molecule has 1 aliphatic rings. The lowest BCUT2D eigenvalue weighted by Crippen LogP contribution is -2.62. The number of aromatic nitrogens is 2. The smallest absolute Gasteiger partial charge is 0.455 e. The van der Waals surface area contributed by atoms with Crippen LogP contribution in [0.25, 0.3) is 0 Å². The molecule has 0 radical (unpaired) electrons. The summed E-state index contributed by atoms with van der Waals surface area (Å²) in [5.74, 6) is -3.40. The van der Waals surface area contributed by atoms with Crippen molar-refractivity contribution in [1.82, 2.24) is 14.9 Å². The van der Waals surface area contributed by atoms with Crippen LogP contribution in [0.1, 0.15) is 48.3 Å². The van der Waals surface area contributed by atoms with Gasteiger partial charge in [-0.15, -0.1) is 0 Å². The quantitative estimate of drug-likeness (QED) is 0.310. The molecule has 1 saturated heterocycles. The van der Waals surface area contributed by atoms with Crippen molar-refractivity contribution in [1.29, 1.82) is 0 Å². The Hall–Kier alpha value is -3.09. The van der Waals surface area contributed by atoms with Crippen LogP contribution < -0.4 is 10.5 Å². The maximum absolute atomic E-state index is 12.7. The first-order valence-corrected chi connectivity index (χ1v) is 10.1. The molecule has 1 amide bonds. The molecule has 3 atom stereocenters. The molecule has 0 saturated carbocycles. The normalized spacial score (nSPS) is 17.8. The van der Waals surface area contributed by atoms with Gasteiger partial charge in [0.1, 0.15) is 28.7 Å². The number of likely N-dealkylation sites (tertiary alicyclic amines) is 1. The predicted molar refractivity (Wildman–Crippen MR) is 114 cm³/mol. The minimum absolute atomic E-state index is 0.0377. The first-order chi connectivity index (χ1) is 14.9. The van der Waals surface area contributed by atoms with Gasteiger partial charge >= 0.3 is 13.1 Å². The number of aromatic hydroxyl groups is 1. The molecular formula is C20H27BN4O7. The van der Waals surface area contributed by atoms with Gasteiger partial charge < -0.3 is 40.6 Å². The second kappa shape index (κ2) is 8.81. The predicted octanol–water partition coefficient (Wildman–Crippen LogP) is 0.244. The number of ether oxygens (including phenoxy) is 1. The van der Waals surface area contributed by atoms with Crippen LogP contribution in [0, 0.1) is 0 Å². The maximum Gasteiger partial charge on any atom is 0.455 e. The lowest BCUT2D eigenvalue weighted by molar-refractivity contribution is -0.145. The molecule has 1 fully saturated rings. The lowest BCUT2D eigenvalue weighted by Gasteiger charge is -2.42. The molecule has 0 bridgehead atoms. The first-order valence-electron chi connectivity index (χ1n) is 10.1. The topological polar surface area (TPSA) is 182 Å². The number of rotatable bonds is 8. The highest BCUT2D eigenvalue weighted by Gasteiger charge is 2.42. The van der Waals surface area contributed by atoms with Crippen LogP contribution in [0.4, 0.5) is 0 Å². The highest BCUT2D eigenvalue weighted by Crippen LogP contribution is 2.40. The number of hydrogen-bond donors (Lipinski definition) is 6. The molecule has 0 aliphatic carbocycles. The number of H-pyrrole nitrogens is 1. The molecular weight excluding hydrogens is 419 g/mol. The number of nitrogens with one attached hydrogen (secondary N) is 1. The van der Waals surface area contributed by atoms with E-state index in [-0.39, 0.29) is 30.3 Å². The number of hydrogen-bond acceptors (Lipinski definition) is 8. The second-order valence-corrected chi connectivity index (χ2v) is 8.36. The van der Waals surface area contributed by atoms with Crippen LogP contribution in [-0.4, -0.2) is 73.3 Å². The van der Waals surface area contributed by atoms with Gasteiger partial charge in [-0.05, 0) is 30.3 Å². The van der Waals surface area contributed by atoms with Gasteiger partial charge in [0, 0.05) is 0 Å². The third-order valence-corrected chi connectivity index (χ3v) is 6.07. The van der Waals surface area contributed by atoms with Crippen molar-refractivity contribution in [3.8, 4) is 11.5 Å². The van der Waals surface area contributed by atoms with Gasteiger partial charge in [-0.3, -0.25) is 4.79 Å². The Morgan fingerprint density at radius 1 is 1.34 bits per heavy atom. The number of phenols is 1. The lowest BCUT2D eigenvalue weighted by atomic mass is 9.65. The Bertz CT molecular complexity index is 990. The average molecular weight is 446 g/mol. The molecule has 12 heteroatoms. The summed E-state index contributed by atoms with van der Waals surface area (Å²) in [5, 5.41) is 39.0. The number of imidazole rings is 1. The van der Waals surface area contributed by atoms with Crippen LogP contribution in [0.3, 0.4) is 0 Å². The summed E-state index contributed by atoms with van der Waals surface area (Å²) < 4.78 is 5.76. The number of aromatic amines is 1. The van der Waals surface area contributed by atoms with Crippen molar-refractivity contribution in [2.24, 2.45) is 5.73 Å². The van der Waals surface area contributed by atoms with E-state index in [1.807, 2.05) is 0 Å². The van der Waals surface area contributed by atoms with Crippen molar-refractivity contribution >= 4 is 19.0 Å². The SMILES string of the molecule is C[C@H](c1ccc(OC2CN(C(=O)C(C)(N)c3cnc[nH]3)C2)c(C(=O)O)c1O)[C@@H](C)B(O)O. The van der Waals surface area contributed by atoms with Crippen molar-refractivity contribution in [2.45, 2.75) is 44.1 Å². The second-order valence-electron chi connectivity index (χ2n) is 8.36. The van der Waals surface area contributed by atoms with Crippen LogP contribution in [-0.2, 0) is 10.3 Å². The van der Waals surface area contributed by atoms with E-state index in [9.17, 15) is 29.9 Å². The van der Waals surface area contributed by atoms with Gasteiger partial charge in [-0.25, -0.2) is 9.78 Å². The summed E-state index contributed by atoms with van der Waals surface area (Å²) in [6, 6.07) is 2.92. The van der Waals surface area contributed by atoms with E-state index >= 15 is 0 Å². The van der Waals surface area contributed by atoms with Crippen molar-refractivity contribution < 1.29 is 34.6 Å². The zero-order valence-corrected chi connectivity index (χ0v) is 18.0. The molecule has 1 aromatic heterocycles. The van der Waals surface area contributed by atoms with Gasteiger partial charge in [-0.1, -0.05) is 19.9 Å². The summed E-state index contributed by atoms with van der Waals surface area (Å²) >= 11 is 0. The molecule has 32 heavy (non-hydrogen) atoms. The number of carboxylic acids is 1. The van der Waals surface area contributed by atoms with E-state index in [2.05, 4.69) is 9.97 Å². The summed E-state index contributed by atoms with van der Waals surface area (Å²) in [4.78, 5) is 32.8. The van der Waals surface area contributed by atoms with Gasteiger partial charge in [0.25, 0.3) is 0 Å². The number of nitrogens with zero attached hydrogens (tertiary/aromatic N) is 2. The molecule has 2 aromatic rings. The molecule has 2 heterocycles. The number of carbonyl (C=O) groups excluding carboxylic acids is 1. The van der Waals surface area contributed by atoms with Gasteiger partial charge in [0.2, 0.25) is 5.91 Å². The third-order valence-electron chi connectivity index (χ3n) is 6.07. The fourth-order valence-electron chi connectivity index (χ4n) is 3.64. The number of carbonyl (C=O) groups is 2. The highest BCUT2D eigenvalue weighted by atomic mass is 16.5. The van der Waals surface area contributed by atoms with Crippen LogP contribution in [0.2, 0.25) is 5.82 Å². The molecule has 0 spiro atoms. The van der Waals surface area contributed by atoms with E-state index in [0.29, 0.717) is 5.69 Å². The fraction of sp³-hybridized carbons (Fsp3) is 0.450. The standard InChI is InChI=1S/C20H27BN4O7/c1-10(11(2)21(30)31)13-4-5-14(16(17(13)26)18(27)28)32-12-7-25(8-12)19(29)20(3,22)15-6-23-9-24-15/h4-6,9-12,26,30-31H,7-8,22H2,1-3H3,(H,23,24)(H,27,28)/t10-,11+,20?/m0/s1. The Morgan fingerprint density at radius 2 is 2.00 bits per heavy atom. The number of benzene rings is 1. The first kappa shape index (κ1) is 23.6. The van der Waals surface area contributed by atoms with E-state index < -0.39 is 47.8 Å². The maximum atomic E-state index is 12.7. The van der Waals surface area contributed by atoms with Crippen LogP contribution in [0.15, 0.2) is 24.7 Å². The monoisotopic (exact) mass is 446 g/mol. The molecule has 3 rings (SSSR count). The van der Waals surface area contributed by atoms with E-state index in [4.69, 9.17) is 10.5 Å². The van der Waals surface area contributed by atoms with E-state index in [1.54, 1.807) is 20.8 Å². The Labute approximate surface area is 185 Å². The minimum atomic E-state index is -1.62. The van der Waals surface area contributed by atoms with Crippen molar-refractivity contribution in [3.05, 3.63) is 41.5 Å². The fourth-order valence-corrected chi connectivity index (χ4v) is 3.64. The zero-order chi connectivity index (χ0) is 23.8. The van der Waals surface area contributed by atoms with Gasteiger partial charge in [-0.2, -0.15) is 0 Å². The van der Waals surface area contributed by atoms with Gasteiger partial charge in [0.15, 0.2) is 0 Å². The largest absolute Gasteiger partial charge is 0.507 e. The van der Waals surface area contributed by atoms with Crippen LogP contribution in [0.5, 0.6) is 11.5 Å². The molecule has 172 valence electrons. The highest BCUT2D eigenvalue weighted by molar-refractivity contribution is 6.43. The summed E-state index contributed by atoms with van der Waals surface area (Å²) in [7, 11) is -1.62. The number of carboxylic acid groups (broad SMARTS) is 1. The minimum Gasteiger partial charge on any atom is -0.507 e. The van der Waals surface area contributed by atoms with Crippen molar-refractivity contribution in [3.63, 3.8) is 0 Å². The van der Waals surface area contributed by atoms with Crippen LogP contribution >= 0.6 is 0 Å². The van der Waals surface area contributed by atoms with E-state index in [1.165, 1.54) is 29.6 Å². The molecule has 11 nitrogen and oxygen atoms in total.